The van der Waals surface area contributed by atoms with E-state index in [0.29, 0.717) is 12.8 Å². The number of hydrogen-bond donors (Lipinski definition) is 0. The Labute approximate surface area is 137 Å². The summed E-state index contributed by atoms with van der Waals surface area (Å²) in [6, 6.07) is 5.18. The lowest BCUT2D eigenvalue weighted by Gasteiger charge is -2.34. The minimum absolute atomic E-state index is 0.0182. The molecule has 1 saturated carbocycles. The lowest BCUT2D eigenvalue weighted by molar-refractivity contribution is -0.432. The first-order valence-electron chi connectivity index (χ1n) is 7.89. The Balaban J connectivity index is 2.21. The summed E-state index contributed by atoms with van der Waals surface area (Å²) in [6.07, 6.45) is -1.46. The minimum Gasteiger partial charge on any atom is -0.259 e. The first kappa shape index (κ1) is 16.7. The van der Waals surface area contributed by atoms with E-state index in [1.54, 1.807) is 0 Å². The van der Waals surface area contributed by atoms with Crippen molar-refractivity contribution >= 4 is 5.71 Å². The summed E-state index contributed by atoms with van der Waals surface area (Å²) in [4.78, 5) is 15.4. The number of hydrogen-bond acceptors (Lipinski definition) is 3. The van der Waals surface area contributed by atoms with Gasteiger partial charge in [0.25, 0.3) is 5.70 Å². The zero-order valence-corrected chi connectivity index (χ0v) is 13.1. The van der Waals surface area contributed by atoms with Crippen LogP contribution in [-0.2, 0) is 6.18 Å². The van der Waals surface area contributed by atoms with Crippen molar-refractivity contribution in [3.63, 3.8) is 0 Å². The second-order valence-corrected chi connectivity index (χ2v) is 6.25. The van der Waals surface area contributed by atoms with Gasteiger partial charge in [0.1, 0.15) is 5.70 Å². The van der Waals surface area contributed by atoms with Crippen molar-refractivity contribution in [2.24, 2.45) is 10.9 Å². The van der Waals surface area contributed by atoms with Crippen LogP contribution in [0.4, 0.5) is 13.2 Å². The number of allylic oxidation sites excluding steroid dienone is 2. The van der Waals surface area contributed by atoms with Crippen LogP contribution in [0.1, 0.15) is 49.7 Å². The van der Waals surface area contributed by atoms with Gasteiger partial charge in [-0.25, -0.2) is 0 Å². The molecule has 0 aromatic heterocycles. The monoisotopic (exact) mass is 338 g/mol. The lowest BCUT2D eigenvalue weighted by Crippen LogP contribution is -2.33. The van der Waals surface area contributed by atoms with Gasteiger partial charge in [-0.05, 0) is 37.8 Å². The third kappa shape index (κ3) is 2.83. The zero-order chi connectivity index (χ0) is 17.5. The fourth-order valence-corrected chi connectivity index (χ4v) is 3.84. The first-order chi connectivity index (χ1) is 11.3. The molecule has 1 heterocycles. The van der Waals surface area contributed by atoms with Crippen LogP contribution in [0.3, 0.4) is 0 Å². The molecule has 1 aromatic carbocycles. The fraction of sp³-hybridized carbons (Fsp3) is 0.471. The number of alkyl halides is 3. The summed E-state index contributed by atoms with van der Waals surface area (Å²) >= 11 is 0. The van der Waals surface area contributed by atoms with E-state index in [4.69, 9.17) is 0 Å². The molecule has 2 atom stereocenters. The number of aliphatic imine (C=N–C) groups is 1. The second kappa shape index (κ2) is 6.03. The average Bonchev–Trinajstić information content (AvgIpc) is 2.52. The van der Waals surface area contributed by atoms with Crippen molar-refractivity contribution in [3.8, 4) is 0 Å². The molecule has 1 fully saturated rings. The highest BCUT2D eigenvalue weighted by molar-refractivity contribution is 5.90. The van der Waals surface area contributed by atoms with Crippen molar-refractivity contribution in [3.05, 3.63) is 56.9 Å². The quantitative estimate of drug-likeness (QED) is 0.566. The Bertz CT molecular complexity index is 738. The average molecular weight is 338 g/mol. The van der Waals surface area contributed by atoms with E-state index < -0.39 is 22.6 Å². The summed E-state index contributed by atoms with van der Waals surface area (Å²) in [7, 11) is 0. The fourth-order valence-electron chi connectivity index (χ4n) is 3.84. The first-order valence-corrected chi connectivity index (χ1v) is 7.89. The van der Waals surface area contributed by atoms with Gasteiger partial charge in [0.15, 0.2) is 0 Å². The van der Waals surface area contributed by atoms with Crippen molar-refractivity contribution in [2.75, 3.05) is 0 Å². The van der Waals surface area contributed by atoms with Crippen molar-refractivity contribution in [1.29, 1.82) is 0 Å². The minimum atomic E-state index is -4.55. The SMILES string of the molecule is CC1=C([N+](=O)[O-])C(c2ccccc2C(F)(F)F)C2CCCCC2=N1. The maximum Gasteiger partial charge on any atom is 0.416 e. The van der Waals surface area contributed by atoms with Gasteiger partial charge in [-0.3, -0.25) is 15.1 Å². The predicted molar refractivity (Wildman–Crippen MR) is 83.3 cm³/mol. The standard InChI is InChI=1S/C17H17F3N2O2/c1-10-16(22(23)24)15(12-7-3-5-9-14(12)21-10)11-6-2-4-8-13(11)17(18,19)20/h2,4,6,8,12,15H,3,5,7,9H2,1H3. The molecule has 0 bridgehead atoms. The van der Waals surface area contributed by atoms with Crippen LogP contribution in [0, 0.1) is 16.0 Å². The van der Waals surface area contributed by atoms with Crippen LogP contribution in [0.2, 0.25) is 0 Å². The van der Waals surface area contributed by atoms with Crippen LogP contribution in [0.5, 0.6) is 0 Å². The number of nitrogens with zero attached hydrogens (tertiary/aromatic N) is 2. The summed E-state index contributed by atoms with van der Waals surface area (Å²) in [5.41, 5.74) is -0.00636. The Hall–Kier alpha value is -2.18. The summed E-state index contributed by atoms with van der Waals surface area (Å²) in [6.45, 7) is 1.51. The van der Waals surface area contributed by atoms with Gasteiger partial charge in [0, 0.05) is 11.6 Å². The van der Waals surface area contributed by atoms with Gasteiger partial charge in [-0.2, -0.15) is 13.2 Å². The molecule has 7 heteroatoms. The smallest absolute Gasteiger partial charge is 0.259 e. The normalized spacial score (nSPS) is 24.4. The van der Waals surface area contributed by atoms with Crippen LogP contribution in [0.25, 0.3) is 0 Å². The Morgan fingerprint density at radius 1 is 1.25 bits per heavy atom. The molecule has 0 radical (unpaired) electrons. The molecular weight excluding hydrogens is 321 g/mol. The van der Waals surface area contributed by atoms with Crippen LogP contribution in [-0.4, -0.2) is 10.6 Å². The number of rotatable bonds is 2. The van der Waals surface area contributed by atoms with Crippen molar-refractivity contribution < 1.29 is 18.1 Å². The maximum atomic E-state index is 13.4. The molecule has 2 aliphatic rings. The lowest BCUT2D eigenvalue weighted by atomic mass is 9.71. The van der Waals surface area contributed by atoms with Gasteiger partial charge in [-0.1, -0.05) is 24.6 Å². The van der Waals surface area contributed by atoms with E-state index >= 15 is 0 Å². The molecule has 0 N–H and O–H groups in total. The van der Waals surface area contributed by atoms with Gasteiger partial charge in [0.2, 0.25) is 0 Å². The van der Waals surface area contributed by atoms with Crippen LogP contribution in [0.15, 0.2) is 40.7 Å². The summed E-state index contributed by atoms with van der Waals surface area (Å²) in [5, 5.41) is 11.6. The van der Waals surface area contributed by atoms with Crippen molar-refractivity contribution in [1.82, 2.24) is 0 Å². The second-order valence-electron chi connectivity index (χ2n) is 6.25. The molecule has 0 amide bonds. The van der Waals surface area contributed by atoms with Gasteiger partial charge in [0.05, 0.1) is 16.4 Å². The molecule has 4 nitrogen and oxygen atoms in total. The Morgan fingerprint density at radius 3 is 2.62 bits per heavy atom. The van der Waals surface area contributed by atoms with E-state index in [1.165, 1.54) is 25.1 Å². The molecule has 0 spiro atoms. The molecule has 2 unspecified atom stereocenters. The molecule has 1 aliphatic carbocycles. The molecule has 128 valence electrons. The van der Waals surface area contributed by atoms with Crippen LogP contribution < -0.4 is 0 Å². The highest BCUT2D eigenvalue weighted by Gasteiger charge is 2.46. The number of halogens is 3. The highest BCUT2D eigenvalue weighted by atomic mass is 19.4. The molecular formula is C17H17F3N2O2. The van der Waals surface area contributed by atoms with E-state index in [-0.39, 0.29) is 22.9 Å². The number of benzene rings is 1. The van der Waals surface area contributed by atoms with E-state index in [0.717, 1.165) is 24.6 Å². The third-order valence-corrected chi connectivity index (χ3v) is 4.80. The van der Waals surface area contributed by atoms with E-state index in [9.17, 15) is 23.3 Å². The molecule has 1 aromatic rings. The molecule has 24 heavy (non-hydrogen) atoms. The van der Waals surface area contributed by atoms with Gasteiger partial charge < -0.3 is 0 Å². The molecule has 3 rings (SSSR count). The molecule has 1 aliphatic heterocycles. The number of nitro groups is 1. The van der Waals surface area contributed by atoms with Crippen molar-refractivity contribution in [2.45, 2.75) is 44.7 Å². The highest BCUT2D eigenvalue weighted by Crippen LogP contribution is 2.47. The third-order valence-electron chi connectivity index (χ3n) is 4.80. The van der Waals surface area contributed by atoms with E-state index in [1.807, 2.05) is 0 Å². The van der Waals surface area contributed by atoms with Gasteiger partial charge in [-0.15, -0.1) is 0 Å². The zero-order valence-electron chi connectivity index (χ0n) is 13.1. The van der Waals surface area contributed by atoms with Gasteiger partial charge >= 0.3 is 6.18 Å². The topological polar surface area (TPSA) is 55.5 Å². The predicted octanol–water partition coefficient (Wildman–Crippen LogP) is 4.94. The van der Waals surface area contributed by atoms with E-state index in [2.05, 4.69) is 4.99 Å². The largest absolute Gasteiger partial charge is 0.416 e. The maximum absolute atomic E-state index is 13.4. The summed E-state index contributed by atoms with van der Waals surface area (Å²) < 4.78 is 40.3. The van der Waals surface area contributed by atoms with Crippen LogP contribution >= 0.6 is 0 Å². The number of fused-ring (bicyclic) bond motifs is 1. The Kier molecular flexibility index (Phi) is 4.19. The summed E-state index contributed by atoms with van der Waals surface area (Å²) in [5.74, 6) is -1.23. The Morgan fingerprint density at radius 2 is 1.96 bits per heavy atom. The molecule has 0 saturated heterocycles.